The molecule has 0 unspecified atom stereocenters. The number of benzene rings is 1. The van der Waals surface area contributed by atoms with Crippen LogP contribution in [0, 0.1) is 5.41 Å². The maximum Gasteiger partial charge on any atom is 0.291 e. The number of nitrogens with zero attached hydrogens (tertiary/aromatic N) is 4. The molecule has 29 heavy (non-hydrogen) atoms. The number of rotatable bonds is 5. The molecule has 3 aromatic heterocycles. The fourth-order valence-corrected chi connectivity index (χ4v) is 4.42. The molecule has 0 amide bonds. The average molecular weight is 408 g/mol. The molecule has 0 aliphatic rings. The molecule has 3 heterocycles. The zero-order valence-electron chi connectivity index (χ0n) is 15.7. The van der Waals surface area contributed by atoms with Gasteiger partial charge in [0.25, 0.3) is 5.56 Å². The minimum absolute atomic E-state index is 0.225. The summed E-state index contributed by atoms with van der Waals surface area (Å²) in [6, 6.07) is 5.34. The lowest BCUT2D eigenvalue weighted by atomic mass is 10.1. The lowest BCUT2D eigenvalue weighted by Gasteiger charge is -2.09. The van der Waals surface area contributed by atoms with E-state index in [-0.39, 0.29) is 12.1 Å². The zero-order valence-corrected chi connectivity index (χ0v) is 16.5. The predicted molar refractivity (Wildman–Crippen MR) is 117 cm³/mol. The molecule has 0 aliphatic carbocycles. The number of fused-ring (bicyclic) bond motifs is 3. The second-order valence-electron chi connectivity index (χ2n) is 6.67. The van der Waals surface area contributed by atoms with Gasteiger partial charge in [-0.15, -0.1) is 11.3 Å². The van der Waals surface area contributed by atoms with Crippen LogP contribution in [-0.2, 0) is 20.0 Å². The number of thiazole rings is 1. The van der Waals surface area contributed by atoms with E-state index in [1.165, 1.54) is 28.3 Å². The fraction of sp³-hybridized carbons (Fsp3) is 0.158. The highest BCUT2D eigenvalue weighted by Gasteiger charge is 2.19. The van der Waals surface area contributed by atoms with Gasteiger partial charge in [-0.3, -0.25) is 4.79 Å². The van der Waals surface area contributed by atoms with Gasteiger partial charge < -0.3 is 27.2 Å². The van der Waals surface area contributed by atoms with Crippen LogP contribution in [-0.4, -0.2) is 25.0 Å². The summed E-state index contributed by atoms with van der Waals surface area (Å²) in [5.41, 5.74) is 20.3. The van der Waals surface area contributed by atoms with Crippen molar-refractivity contribution in [3.05, 3.63) is 57.6 Å². The first-order chi connectivity index (χ1) is 13.9. The highest BCUT2D eigenvalue weighted by Crippen LogP contribution is 2.31. The topological polar surface area (TPSA) is 155 Å². The smallest absolute Gasteiger partial charge is 0.291 e. The number of anilines is 2. The summed E-state index contributed by atoms with van der Waals surface area (Å²) < 4.78 is 4.03. The Hall–Kier alpha value is -3.66. The van der Waals surface area contributed by atoms with Gasteiger partial charge in [-0.25, -0.2) is 9.67 Å². The summed E-state index contributed by atoms with van der Waals surface area (Å²) in [6.45, 7) is 0.228. The molecule has 0 aliphatic heterocycles. The van der Waals surface area contributed by atoms with Crippen molar-refractivity contribution in [1.82, 2.24) is 19.3 Å². The van der Waals surface area contributed by atoms with Crippen molar-refractivity contribution in [2.24, 2.45) is 12.8 Å². The minimum Gasteiger partial charge on any atom is -0.405 e. The molecule has 0 saturated heterocycles. The maximum atomic E-state index is 13.1. The van der Waals surface area contributed by atoms with Crippen LogP contribution in [0.1, 0.15) is 10.6 Å². The van der Waals surface area contributed by atoms with E-state index in [1.54, 1.807) is 29.9 Å². The van der Waals surface area contributed by atoms with Crippen molar-refractivity contribution >= 4 is 49.7 Å². The van der Waals surface area contributed by atoms with Crippen molar-refractivity contribution in [2.75, 3.05) is 11.5 Å². The van der Waals surface area contributed by atoms with E-state index in [4.69, 9.17) is 22.6 Å². The molecule has 0 spiro atoms. The SMILES string of the molecule is Cn1c2nc(CC(=N)/C=C\N)sc2c2cnn(Cc3cccc(N)c3N)c(=O)c21. The second-order valence-corrected chi connectivity index (χ2v) is 7.75. The molecule has 0 fully saturated rings. The van der Waals surface area contributed by atoms with Crippen LogP contribution in [0.25, 0.3) is 21.3 Å². The van der Waals surface area contributed by atoms with Gasteiger partial charge >= 0.3 is 0 Å². The number of hydrogen-bond acceptors (Lipinski definition) is 8. The van der Waals surface area contributed by atoms with E-state index in [2.05, 4.69) is 10.1 Å². The zero-order chi connectivity index (χ0) is 20.7. The van der Waals surface area contributed by atoms with Gasteiger partial charge in [0.1, 0.15) is 10.5 Å². The molecule has 148 valence electrons. The lowest BCUT2D eigenvalue weighted by molar-refractivity contribution is 0.645. The largest absolute Gasteiger partial charge is 0.405 e. The Kier molecular flexibility index (Phi) is 4.55. The van der Waals surface area contributed by atoms with E-state index in [0.717, 1.165) is 20.7 Å². The number of nitrogens with one attached hydrogen (secondary N) is 1. The number of para-hydroxylation sites is 1. The fourth-order valence-electron chi connectivity index (χ4n) is 3.29. The Morgan fingerprint density at radius 2 is 2.14 bits per heavy atom. The Morgan fingerprint density at radius 1 is 1.34 bits per heavy atom. The predicted octanol–water partition coefficient (Wildman–Crippen LogP) is 1.59. The van der Waals surface area contributed by atoms with Crippen LogP contribution in [0.15, 0.2) is 41.5 Å². The number of aromatic nitrogens is 4. The molecule has 0 radical (unpaired) electrons. The van der Waals surface area contributed by atoms with Gasteiger partial charge in [0, 0.05) is 24.6 Å². The van der Waals surface area contributed by atoms with E-state index in [9.17, 15) is 4.79 Å². The number of nitrogen functional groups attached to an aromatic ring is 2. The Bertz CT molecular complexity index is 1340. The third kappa shape index (κ3) is 3.13. The molecule has 1 aromatic carbocycles. The van der Waals surface area contributed by atoms with E-state index >= 15 is 0 Å². The van der Waals surface area contributed by atoms with Gasteiger partial charge in [0.05, 0.1) is 28.8 Å². The maximum absolute atomic E-state index is 13.1. The van der Waals surface area contributed by atoms with Crippen LogP contribution in [0.3, 0.4) is 0 Å². The Balaban J connectivity index is 1.79. The van der Waals surface area contributed by atoms with Crippen LogP contribution in [0.4, 0.5) is 11.4 Å². The monoisotopic (exact) mass is 408 g/mol. The molecule has 0 saturated carbocycles. The average Bonchev–Trinajstić information content (AvgIpc) is 3.20. The van der Waals surface area contributed by atoms with Crippen LogP contribution in [0.2, 0.25) is 0 Å². The molecule has 9 nitrogen and oxygen atoms in total. The van der Waals surface area contributed by atoms with Crippen molar-refractivity contribution in [3.63, 3.8) is 0 Å². The van der Waals surface area contributed by atoms with Crippen LogP contribution in [0.5, 0.6) is 0 Å². The summed E-state index contributed by atoms with van der Waals surface area (Å²) in [7, 11) is 1.81. The van der Waals surface area contributed by atoms with Gasteiger partial charge in [0.2, 0.25) is 0 Å². The van der Waals surface area contributed by atoms with Gasteiger partial charge in [-0.2, -0.15) is 5.10 Å². The first-order valence-corrected chi connectivity index (χ1v) is 9.64. The minimum atomic E-state index is -0.225. The summed E-state index contributed by atoms with van der Waals surface area (Å²) in [5, 5.41) is 13.7. The third-order valence-electron chi connectivity index (χ3n) is 4.76. The van der Waals surface area contributed by atoms with Gasteiger partial charge in [0.15, 0.2) is 5.65 Å². The number of nitrogens with two attached hydrogens (primary N) is 3. The van der Waals surface area contributed by atoms with E-state index in [1.807, 2.05) is 6.07 Å². The number of aryl methyl sites for hydroxylation is 1. The standard InChI is InChI=1S/C19H20N8OS/c1-26-16-12(17-18(26)25-14(29-17)7-11(21)5-6-20)8-24-27(19(16)28)9-10-3-2-4-13(22)15(10)23/h2-6,8,21H,7,9,20,22-23H2,1H3/b6-5-,21-11?. The molecular weight excluding hydrogens is 388 g/mol. The lowest BCUT2D eigenvalue weighted by Crippen LogP contribution is -2.25. The summed E-state index contributed by atoms with van der Waals surface area (Å²) in [6.07, 6.45) is 4.93. The molecular formula is C19H20N8OS. The van der Waals surface area contributed by atoms with Gasteiger partial charge in [-0.05, 0) is 23.9 Å². The molecule has 10 heteroatoms. The molecule has 4 aromatic rings. The quantitative estimate of drug-likeness (QED) is 0.290. The Labute approximate surface area is 169 Å². The molecule has 4 rings (SSSR count). The third-order valence-corrected chi connectivity index (χ3v) is 5.84. The van der Waals surface area contributed by atoms with E-state index < -0.39 is 0 Å². The highest BCUT2D eigenvalue weighted by atomic mass is 32.1. The number of hydrogen-bond donors (Lipinski definition) is 4. The number of allylic oxidation sites excluding steroid dienone is 1. The normalized spacial score (nSPS) is 11.8. The first-order valence-electron chi connectivity index (χ1n) is 8.83. The molecule has 0 atom stereocenters. The van der Waals surface area contributed by atoms with Gasteiger partial charge in [-0.1, -0.05) is 12.1 Å². The van der Waals surface area contributed by atoms with E-state index in [0.29, 0.717) is 34.7 Å². The highest BCUT2D eigenvalue weighted by molar-refractivity contribution is 7.19. The van der Waals surface area contributed by atoms with Crippen molar-refractivity contribution in [1.29, 1.82) is 5.41 Å². The molecule has 7 N–H and O–H groups in total. The summed E-state index contributed by atoms with van der Waals surface area (Å²) in [5.74, 6) is 0. The van der Waals surface area contributed by atoms with Crippen LogP contribution < -0.4 is 22.8 Å². The van der Waals surface area contributed by atoms with Crippen molar-refractivity contribution in [2.45, 2.75) is 13.0 Å². The van der Waals surface area contributed by atoms with Crippen molar-refractivity contribution in [3.8, 4) is 0 Å². The summed E-state index contributed by atoms with van der Waals surface area (Å²) >= 11 is 1.45. The summed E-state index contributed by atoms with van der Waals surface area (Å²) in [4.78, 5) is 17.7. The van der Waals surface area contributed by atoms with Crippen LogP contribution >= 0.6 is 11.3 Å². The Morgan fingerprint density at radius 3 is 2.90 bits per heavy atom. The second kappa shape index (κ2) is 7.06. The van der Waals surface area contributed by atoms with Crippen molar-refractivity contribution < 1.29 is 0 Å². The first kappa shape index (κ1) is 18.7. The molecule has 0 bridgehead atoms.